The lowest BCUT2D eigenvalue weighted by molar-refractivity contribution is -0.137. The van der Waals surface area contributed by atoms with Gasteiger partial charge in [0.25, 0.3) is 5.91 Å². The number of carboxylic acid groups (broad SMARTS) is 1. The lowest BCUT2D eigenvalue weighted by Crippen LogP contribution is -2.37. The predicted molar refractivity (Wildman–Crippen MR) is 67.8 cm³/mol. The van der Waals surface area contributed by atoms with E-state index in [2.05, 4.69) is 5.32 Å². The van der Waals surface area contributed by atoms with E-state index in [9.17, 15) is 14.4 Å². The summed E-state index contributed by atoms with van der Waals surface area (Å²) in [4.78, 5) is 34.7. The van der Waals surface area contributed by atoms with E-state index in [4.69, 9.17) is 16.1 Å². The van der Waals surface area contributed by atoms with Crippen molar-refractivity contribution in [3.05, 3.63) is 11.8 Å². The average molecular weight is 280 g/mol. The number of hydrogen-bond acceptors (Lipinski definition) is 5. The summed E-state index contributed by atoms with van der Waals surface area (Å²) in [5, 5.41) is 19.5. The van der Waals surface area contributed by atoms with Crippen LogP contribution in [0, 0.1) is 17.2 Å². The first-order chi connectivity index (χ1) is 9.43. The molecule has 108 valence electrons. The van der Waals surface area contributed by atoms with Gasteiger partial charge in [-0.15, -0.1) is 0 Å². The maximum atomic E-state index is 11.6. The predicted octanol–water partition coefficient (Wildman–Crippen LogP) is -1.21. The van der Waals surface area contributed by atoms with E-state index in [1.165, 1.54) is 6.20 Å². The highest BCUT2D eigenvalue weighted by molar-refractivity contribution is 5.98. The number of hydrogen-bond donors (Lipinski definition) is 3. The average Bonchev–Trinajstić information content (AvgIpc) is 2.42. The number of nitrogens with one attached hydrogen (secondary N) is 1. The number of nitrogens with two attached hydrogens (primary N) is 1. The van der Waals surface area contributed by atoms with E-state index in [0.717, 1.165) is 0 Å². The number of nitriles is 1. The van der Waals surface area contributed by atoms with Gasteiger partial charge in [-0.3, -0.25) is 14.4 Å². The number of carbonyl (C=O) groups excluding carboxylic acids is 2. The molecule has 0 unspecified atom stereocenters. The summed E-state index contributed by atoms with van der Waals surface area (Å²) in [7, 11) is 0. The topological polar surface area (TPSA) is 137 Å². The lowest BCUT2D eigenvalue weighted by Gasteiger charge is -2.29. The fourth-order valence-corrected chi connectivity index (χ4v) is 1.89. The Kier molecular flexibility index (Phi) is 5.53. The number of carboxylic acids is 1. The standard InChI is InChI=1S/C12H16N4O4/c13-5-9(12(20)15-6-10(17)18)7-16-3-1-8(2-4-16)11(14)19/h7-8H,1-4,6H2,(H2,14,19)(H,15,20)(H,17,18)/b9-7-. The van der Waals surface area contributed by atoms with Gasteiger partial charge in [0.05, 0.1) is 0 Å². The van der Waals surface area contributed by atoms with Crippen molar-refractivity contribution in [2.75, 3.05) is 19.6 Å². The van der Waals surface area contributed by atoms with Crippen LogP contribution in [0.4, 0.5) is 0 Å². The Morgan fingerprint density at radius 2 is 2.00 bits per heavy atom. The molecule has 1 aliphatic rings. The smallest absolute Gasteiger partial charge is 0.322 e. The molecule has 0 radical (unpaired) electrons. The molecule has 8 heteroatoms. The fourth-order valence-electron chi connectivity index (χ4n) is 1.89. The van der Waals surface area contributed by atoms with E-state index in [0.29, 0.717) is 25.9 Å². The van der Waals surface area contributed by atoms with Crippen molar-refractivity contribution in [1.82, 2.24) is 10.2 Å². The third-order valence-corrected chi connectivity index (χ3v) is 3.01. The van der Waals surface area contributed by atoms with Crippen molar-refractivity contribution in [1.29, 1.82) is 5.26 Å². The second-order valence-electron chi connectivity index (χ2n) is 4.44. The van der Waals surface area contributed by atoms with Crippen LogP contribution in [-0.4, -0.2) is 47.4 Å². The summed E-state index contributed by atoms with van der Waals surface area (Å²) in [6.45, 7) is 0.498. The number of likely N-dealkylation sites (tertiary alicyclic amines) is 1. The van der Waals surface area contributed by atoms with Gasteiger partial charge >= 0.3 is 5.97 Å². The second-order valence-corrected chi connectivity index (χ2v) is 4.44. The summed E-state index contributed by atoms with van der Waals surface area (Å²) >= 11 is 0. The summed E-state index contributed by atoms with van der Waals surface area (Å²) in [5.41, 5.74) is 5.05. The molecule has 4 N–H and O–H groups in total. The highest BCUT2D eigenvalue weighted by Gasteiger charge is 2.22. The van der Waals surface area contributed by atoms with Crippen molar-refractivity contribution < 1.29 is 19.5 Å². The monoisotopic (exact) mass is 280 g/mol. The maximum Gasteiger partial charge on any atom is 0.322 e. The Labute approximate surface area is 115 Å². The molecule has 8 nitrogen and oxygen atoms in total. The quantitative estimate of drug-likeness (QED) is 0.427. The third kappa shape index (κ3) is 4.61. The normalized spacial score (nSPS) is 16.4. The Morgan fingerprint density at radius 1 is 1.40 bits per heavy atom. The Balaban J connectivity index is 2.58. The van der Waals surface area contributed by atoms with Crippen molar-refractivity contribution in [3.8, 4) is 6.07 Å². The zero-order valence-electron chi connectivity index (χ0n) is 10.8. The summed E-state index contributed by atoms with van der Waals surface area (Å²) in [5.74, 6) is -2.43. The zero-order chi connectivity index (χ0) is 15.1. The Hall–Kier alpha value is -2.56. The van der Waals surface area contributed by atoms with Crippen LogP contribution >= 0.6 is 0 Å². The minimum atomic E-state index is -1.18. The first-order valence-electron chi connectivity index (χ1n) is 6.09. The van der Waals surface area contributed by atoms with Gasteiger partial charge in [-0.2, -0.15) is 5.26 Å². The molecule has 0 aromatic rings. The van der Waals surface area contributed by atoms with Gasteiger partial charge in [-0.1, -0.05) is 0 Å². The third-order valence-electron chi connectivity index (χ3n) is 3.01. The molecule has 1 heterocycles. The van der Waals surface area contributed by atoms with Crippen LogP contribution in [0.3, 0.4) is 0 Å². The maximum absolute atomic E-state index is 11.6. The molecule has 0 saturated carbocycles. The number of carbonyl (C=O) groups is 3. The van der Waals surface area contributed by atoms with Crippen LogP contribution in [0.1, 0.15) is 12.8 Å². The van der Waals surface area contributed by atoms with Gasteiger partial charge in [-0.25, -0.2) is 0 Å². The van der Waals surface area contributed by atoms with Gasteiger partial charge in [0.15, 0.2) is 0 Å². The summed E-state index contributed by atoms with van der Waals surface area (Å²) < 4.78 is 0. The summed E-state index contributed by atoms with van der Waals surface area (Å²) in [6, 6.07) is 1.73. The van der Waals surface area contributed by atoms with E-state index in [-0.39, 0.29) is 17.4 Å². The molecular formula is C12H16N4O4. The van der Waals surface area contributed by atoms with Crippen molar-refractivity contribution in [2.24, 2.45) is 11.7 Å². The molecule has 0 aromatic carbocycles. The van der Waals surface area contributed by atoms with Crippen LogP contribution in [-0.2, 0) is 14.4 Å². The molecule has 1 aliphatic heterocycles. The number of primary amides is 1. The molecule has 0 spiro atoms. The van der Waals surface area contributed by atoms with E-state index >= 15 is 0 Å². The molecule has 0 aliphatic carbocycles. The van der Waals surface area contributed by atoms with Gasteiger partial charge < -0.3 is 21.1 Å². The van der Waals surface area contributed by atoms with Gasteiger partial charge in [0.1, 0.15) is 18.2 Å². The molecule has 20 heavy (non-hydrogen) atoms. The number of rotatable bonds is 5. The Bertz CT molecular complexity index is 472. The van der Waals surface area contributed by atoms with Gasteiger partial charge in [-0.05, 0) is 12.8 Å². The molecule has 0 aromatic heterocycles. The molecule has 0 atom stereocenters. The molecular weight excluding hydrogens is 264 g/mol. The fraction of sp³-hybridized carbons (Fsp3) is 0.500. The first-order valence-corrected chi connectivity index (χ1v) is 6.09. The first kappa shape index (κ1) is 15.5. The lowest BCUT2D eigenvalue weighted by atomic mass is 9.96. The van der Waals surface area contributed by atoms with Crippen molar-refractivity contribution in [2.45, 2.75) is 12.8 Å². The number of aliphatic carboxylic acids is 1. The van der Waals surface area contributed by atoms with E-state index in [1.807, 2.05) is 0 Å². The summed E-state index contributed by atoms with van der Waals surface area (Å²) in [6.07, 6.45) is 2.52. The van der Waals surface area contributed by atoms with Crippen LogP contribution in [0.25, 0.3) is 0 Å². The second kappa shape index (κ2) is 7.13. The zero-order valence-corrected chi connectivity index (χ0v) is 10.8. The van der Waals surface area contributed by atoms with Crippen LogP contribution < -0.4 is 11.1 Å². The molecule has 2 amide bonds. The van der Waals surface area contributed by atoms with Gasteiger partial charge in [0.2, 0.25) is 5.91 Å². The number of nitrogens with zero attached hydrogens (tertiary/aromatic N) is 2. The van der Waals surface area contributed by atoms with Crippen molar-refractivity contribution >= 4 is 17.8 Å². The Morgan fingerprint density at radius 3 is 2.45 bits per heavy atom. The molecule has 0 bridgehead atoms. The number of piperidine rings is 1. The van der Waals surface area contributed by atoms with E-state index < -0.39 is 18.4 Å². The van der Waals surface area contributed by atoms with Gasteiger partial charge in [0, 0.05) is 25.2 Å². The van der Waals surface area contributed by atoms with Crippen LogP contribution in [0.2, 0.25) is 0 Å². The SMILES string of the molecule is N#C/C(=C/N1CCC(C(N)=O)CC1)C(=O)NCC(=O)O. The molecule has 1 fully saturated rings. The van der Waals surface area contributed by atoms with Crippen LogP contribution in [0.15, 0.2) is 11.8 Å². The van der Waals surface area contributed by atoms with Crippen molar-refractivity contribution in [3.63, 3.8) is 0 Å². The molecule has 1 saturated heterocycles. The highest BCUT2D eigenvalue weighted by Crippen LogP contribution is 2.17. The van der Waals surface area contributed by atoms with Crippen LogP contribution in [0.5, 0.6) is 0 Å². The minimum Gasteiger partial charge on any atom is -0.480 e. The number of amides is 2. The minimum absolute atomic E-state index is 0.163. The molecule has 1 rings (SSSR count). The highest BCUT2D eigenvalue weighted by atomic mass is 16.4. The van der Waals surface area contributed by atoms with E-state index in [1.54, 1.807) is 11.0 Å². The largest absolute Gasteiger partial charge is 0.480 e.